The molecule has 4 heteroatoms. The van der Waals surface area contributed by atoms with Gasteiger partial charge in [0.1, 0.15) is 9.35 Å². The molecule has 3 nitrogen and oxygen atoms in total. The lowest BCUT2D eigenvalue weighted by Gasteiger charge is -2.03. The Labute approximate surface area is 113 Å². The molecule has 0 radical (unpaired) electrons. The fraction of sp³-hybridized carbons (Fsp3) is 0.0769. The average molecular weight is 335 g/mol. The summed E-state index contributed by atoms with van der Waals surface area (Å²) in [7, 11) is 0. The summed E-state index contributed by atoms with van der Waals surface area (Å²) in [4.78, 5) is 8.61. The van der Waals surface area contributed by atoms with Crippen LogP contribution in [-0.4, -0.2) is 14.4 Å². The lowest BCUT2D eigenvalue weighted by Crippen LogP contribution is -1.87. The van der Waals surface area contributed by atoms with Gasteiger partial charge in [-0.25, -0.2) is 4.98 Å². The molecule has 0 saturated heterocycles. The van der Waals surface area contributed by atoms with Crippen LogP contribution < -0.4 is 0 Å². The van der Waals surface area contributed by atoms with Gasteiger partial charge in [0.05, 0.1) is 0 Å². The van der Waals surface area contributed by atoms with E-state index in [1.165, 1.54) is 11.1 Å². The molecule has 0 aromatic carbocycles. The Kier molecular flexibility index (Phi) is 2.58. The molecule has 0 aliphatic heterocycles. The lowest BCUT2D eigenvalue weighted by molar-refractivity contribution is 1.18. The van der Waals surface area contributed by atoms with E-state index in [4.69, 9.17) is 0 Å². The summed E-state index contributed by atoms with van der Waals surface area (Å²) in [5.41, 5.74) is 4.37. The summed E-state index contributed by atoms with van der Waals surface area (Å²) in [5.74, 6) is 0. The van der Waals surface area contributed by atoms with Crippen molar-refractivity contribution < 1.29 is 0 Å². The fourth-order valence-corrected chi connectivity index (χ4v) is 2.40. The standard InChI is InChI=1S/C13H10IN3/c1-9-6-10(4-5-15-9)11-2-3-13-16-12(14)8-17(13)7-11/h2-8H,1H3. The van der Waals surface area contributed by atoms with Gasteiger partial charge in [0.15, 0.2) is 0 Å². The van der Waals surface area contributed by atoms with Crippen molar-refractivity contribution in [2.75, 3.05) is 0 Å². The van der Waals surface area contributed by atoms with Crippen LogP contribution in [0.5, 0.6) is 0 Å². The first-order chi connectivity index (χ1) is 8.22. The monoisotopic (exact) mass is 335 g/mol. The molecule has 0 aliphatic carbocycles. The van der Waals surface area contributed by atoms with Crippen LogP contribution in [0.2, 0.25) is 0 Å². The Bertz CT molecular complexity index is 688. The molecule has 0 N–H and O–H groups in total. The Morgan fingerprint density at radius 3 is 2.82 bits per heavy atom. The minimum Gasteiger partial charge on any atom is -0.305 e. The molecule has 84 valence electrons. The minimum absolute atomic E-state index is 0.976. The normalized spacial score (nSPS) is 10.9. The predicted octanol–water partition coefficient (Wildman–Crippen LogP) is 3.31. The van der Waals surface area contributed by atoms with Gasteiger partial charge >= 0.3 is 0 Å². The van der Waals surface area contributed by atoms with E-state index in [0.717, 1.165) is 15.0 Å². The number of halogens is 1. The van der Waals surface area contributed by atoms with E-state index < -0.39 is 0 Å². The topological polar surface area (TPSA) is 30.2 Å². The van der Waals surface area contributed by atoms with Crippen LogP contribution in [0.3, 0.4) is 0 Å². The number of fused-ring (bicyclic) bond motifs is 1. The molecular weight excluding hydrogens is 325 g/mol. The van der Waals surface area contributed by atoms with E-state index in [9.17, 15) is 0 Å². The Hall–Kier alpha value is -1.43. The molecule has 3 heterocycles. The summed E-state index contributed by atoms with van der Waals surface area (Å²) in [5, 5.41) is 0. The third kappa shape index (κ3) is 2.04. The number of pyridine rings is 2. The second-order valence-corrected chi connectivity index (χ2v) is 5.04. The van der Waals surface area contributed by atoms with Gasteiger partial charge in [-0.05, 0) is 64.9 Å². The minimum atomic E-state index is 0.976. The van der Waals surface area contributed by atoms with E-state index in [-0.39, 0.29) is 0 Å². The molecule has 3 rings (SSSR count). The zero-order valence-electron chi connectivity index (χ0n) is 9.26. The van der Waals surface area contributed by atoms with Gasteiger partial charge in [0, 0.05) is 24.3 Å². The molecule has 17 heavy (non-hydrogen) atoms. The Morgan fingerprint density at radius 2 is 2.00 bits per heavy atom. The summed E-state index contributed by atoms with van der Waals surface area (Å²) in [6, 6.07) is 8.24. The van der Waals surface area contributed by atoms with Crippen LogP contribution in [0.4, 0.5) is 0 Å². The lowest BCUT2D eigenvalue weighted by atomic mass is 10.1. The van der Waals surface area contributed by atoms with Crippen molar-refractivity contribution in [3.8, 4) is 11.1 Å². The van der Waals surface area contributed by atoms with Crippen molar-refractivity contribution in [3.63, 3.8) is 0 Å². The highest BCUT2D eigenvalue weighted by atomic mass is 127. The van der Waals surface area contributed by atoms with E-state index in [2.05, 4.69) is 50.9 Å². The van der Waals surface area contributed by atoms with Crippen molar-refractivity contribution in [1.82, 2.24) is 14.4 Å². The van der Waals surface area contributed by atoms with Crippen LogP contribution in [0.25, 0.3) is 16.8 Å². The number of hydrogen-bond donors (Lipinski definition) is 0. The number of rotatable bonds is 1. The van der Waals surface area contributed by atoms with Crippen LogP contribution in [0.1, 0.15) is 5.69 Å². The predicted molar refractivity (Wildman–Crippen MR) is 75.9 cm³/mol. The first-order valence-corrected chi connectivity index (χ1v) is 6.37. The summed E-state index contributed by atoms with van der Waals surface area (Å²) in [6.07, 6.45) is 5.96. The fourth-order valence-electron chi connectivity index (χ4n) is 1.86. The van der Waals surface area contributed by atoms with Crippen molar-refractivity contribution >= 4 is 28.2 Å². The van der Waals surface area contributed by atoms with Crippen molar-refractivity contribution in [3.05, 3.63) is 52.3 Å². The van der Waals surface area contributed by atoms with Crippen molar-refractivity contribution in [2.24, 2.45) is 0 Å². The second kappa shape index (κ2) is 4.10. The van der Waals surface area contributed by atoms with Crippen LogP contribution >= 0.6 is 22.6 Å². The summed E-state index contributed by atoms with van der Waals surface area (Å²) >= 11 is 2.22. The number of hydrogen-bond acceptors (Lipinski definition) is 2. The number of aromatic nitrogens is 3. The maximum absolute atomic E-state index is 4.40. The van der Waals surface area contributed by atoms with Gasteiger partial charge < -0.3 is 4.40 Å². The number of nitrogens with zero attached hydrogens (tertiary/aromatic N) is 3. The SMILES string of the molecule is Cc1cc(-c2ccc3nc(I)cn3c2)ccn1. The third-order valence-corrected chi connectivity index (χ3v) is 3.17. The van der Waals surface area contributed by atoms with E-state index in [1.54, 1.807) is 0 Å². The smallest absolute Gasteiger partial charge is 0.137 e. The molecule has 3 aromatic rings. The number of imidazole rings is 1. The highest BCUT2D eigenvalue weighted by Gasteiger charge is 2.02. The largest absolute Gasteiger partial charge is 0.305 e. The van der Waals surface area contributed by atoms with Gasteiger partial charge in [0.2, 0.25) is 0 Å². The third-order valence-electron chi connectivity index (χ3n) is 2.65. The molecule has 0 unspecified atom stereocenters. The van der Waals surface area contributed by atoms with Crippen LogP contribution in [0.15, 0.2) is 42.9 Å². The molecule has 0 bridgehead atoms. The van der Waals surface area contributed by atoms with Gasteiger partial charge in [-0.1, -0.05) is 0 Å². The van der Waals surface area contributed by atoms with E-state index >= 15 is 0 Å². The van der Waals surface area contributed by atoms with E-state index in [0.29, 0.717) is 0 Å². The molecule has 0 atom stereocenters. The maximum atomic E-state index is 4.40. The molecule has 0 saturated carbocycles. The Morgan fingerprint density at radius 1 is 1.12 bits per heavy atom. The molecule has 0 amide bonds. The Balaban J connectivity index is 2.17. The second-order valence-electron chi connectivity index (χ2n) is 3.93. The summed E-state index contributed by atoms with van der Waals surface area (Å²) < 4.78 is 3.05. The van der Waals surface area contributed by atoms with Gasteiger partial charge in [0.25, 0.3) is 0 Å². The highest BCUT2D eigenvalue weighted by molar-refractivity contribution is 14.1. The van der Waals surface area contributed by atoms with Crippen molar-refractivity contribution in [1.29, 1.82) is 0 Å². The van der Waals surface area contributed by atoms with Crippen LogP contribution in [0, 0.1) is 10.6 Å². The molecule has 3 aromatic heterocycles. The number of aryl methyl sites for hydroxylation is 1. The molecule has 0 aliphatic rings. The summed E-state index contributed by atoms with van der Waals surface area (Å²) in [6.45, 7) is 2.00. The van der Waals surface area contributed by atoms with Crippen LogP contribution in [-0.2, 0) is 0 Å². The molecule has 0 spiro atoms. The van der Waals surface area contributed by atoms with E-state index in [1.807, 2.05) is 35.9 Å². The first kappa shape index (κ1) is 10.7. The van der Waals surface area contributed by atoms with Gasteiger partial charge in [-0.15, -0.1) is 0 Å². The average Bonchev–Trinajstić information content (AvgIpc) is 2.68. The quantitative estimate of drug-likeness (QED) is 0.639. The van der Waals surface area contributed by atoms with Crippen molar-refractivity contribution in [2.45, 2.75) is 6.92 Å². The first-order valence-electron chi connectivity index (χ1n) is 5.30. The zero-order valence-corrected chi connectivity index (χ0v) is 11.4. The maximum Gasteiger partial charge on any atom is 0.137 e. The molecule has 0 fully saturated rings. The van der Waals surface area contributed by atoms with Gasteiger partial charge in [-0.3, -0.25) is 4.98 Å². The zero-order chi connectivity index (χ0) is 11.8. The van der Waals surface area contributed by atoms with Gasteiger partial charge in [-0.2, -0.15) is 0 Å². The molecular formula is C13H10IN3. The highest BCUT2D eigenvalue weighted by Crippen LogP contribution is 2.20.